The number of para-hydroxylation sites is 1. The summed E-state index contributed by atoms with van der Waals surface area (Å²) in [6.45, 7) is 1.79. The lowest BCUT2D eigenvalue weighted by atomic mass is 10.0. The monoisotopic (exact) mass is 428 g/mol. The van der Waals surface area contributed by atoms with Crippen LogP contribution in [0.5, 0.6) is 11.5 Å². The summed E-state index contributed by atoms with van der Waals surface area (Å²) in [5, 5.41) is 5.78. The summed E-state index contributed by atoms with van der Waals surface area (Å²) < 4.78 is 11.1. The van der Waals surface area contributed by atoms with E-state index in [1.165, 1.54) is 7.11 Å². The molecule has 3 aromatic carbocycles. The largest absolute Gasteiger partial charge is 0.493 e. The second-order valence-corrected chi connectivity index (χ2v) is 7.46. The number of rotatable bonds is 7. The van der Waals surface area contributed by atoms with Gasteiger partial charge < -0.3 is 20.1 Å². The molecule has 2 amide bonds. The van der Waals surface area contributed by atoms with Crippen LogP contribution in [0.25, 0.3) is 11.6 Å². The molecule has 1 unspecified atom stereocenters. The number of benzene rings is 3. The highest BCUT2D eigenvalue weighted by Crippen LogP contribution is 2.34. The molecule has 0 fully saturated rings. The smallest absolute Gasteiger partial charge is 0.258 e. The van der Waals surface area contributed by atoms with Gasteiger partial charge in [0.25, 0.3) is 11.8 Å². The number of nitrogens with one attached hydrogen (secondary N) is 2. The van der Waals surface area contributed by atoms with Gasteiger partial charge in [-0.15, -0.1) is 0 Å². The van der Waals surface area contributed by atoms with Gasteiger partial charge in [-0.2, -0.15) is 0 Å². The Hall–Kier alpha value is -4.06. The van der Waals surface area contributed by atoms with Gasteiger partial charge in [0, 0.05) is 16.8 Å². The van der Waals surface area contributed by atoms with Crippen LogP contribution in [0, 0.1) is 0 Å². The van der Waals surface area contributed by atoms with Crippen LogP contribution < -0.4 is 20.1 Å². The quantitative estimate of drug-likeness (QED) is 0.546. The second-order valence-electron chi connectivity index (χ2n) is 7.46. The van der Waals surface area contributed by atoms with Crippen molar-refractivity contribution in [3.8, 4) is 11.5 Å². The first kappa shape index (κ1) is 21.2. The van der Waals surface area contributed by atoms with Crippen molar-refractivity contribution in [1.82, 2.24) is 5.32 Å². The lowest BCUT2D eigenvalue weighted by Gasteiger charge is -2.15. The molecular formula is C26H24N2O4. The highest BCUT2D eigenvalue weighted by Gasteiger charge is 2.23. The summed E-state index contributed by atoms with van der Waals surface area (Å²) in [7, 11) is 1.54. The van der Waals surface area contributed by atoms with E-state index >= 15 is 0 Å². The molecule has 1 aliphatic heterocycles. The molecule has 2 N–H and O–H groups in total. The number of hydrogen-bond donors (Lipinski definition) is 2. The maximum Gasteiger partial charge on any atom is 0.258 e. The van der Waals surface area contributed by atoms with Gasteiger partial charge in [0.15, 0.2) is 18.1 Å². The number of carbonyl (C=O) groups is 2. The first-order valence-corrected chi connectivity index (χ1v) is 10.3. The number of anilines is 1. The Morgan fingerprint density at radius 3 is 2.56 bits per heavy atom. The Bertz CT molecular complexity index is 1170. The summed E-state index contributed by atoms with van der Waals surface area (Å²) >= 11 is 0. The first-order chi connectivity index (χ1) is 15.5. The van der Waals surface area contributed by atoms with Gasteiger partial charge in [-0.25, -0.2) is 0 Å². The number of carbonyl (C=O) groups excluding carboxylic acids is 2. The zero-order chi connectivity index (χ0) is 22.5. The van der Waals surface area contributed by atoms with E-state index in [0.29, 0.717) is 17.1 Å². The third kappa shape index (κ3) is 4.64. The summed E-state index contributed by atoms with van der Waals surface area (Å²) in [5.74, 6) is 0.562. The van der Waals surface area contributed by atoms with Gasteiger partial charge >= 0.3 is 0 Å². The molecule has 1 heterocycles. The minimum absolute atomic E-state index is 0.122. The molecule has 0 saturated carbocycles. The van der Waals surface area contributed by atoms with E-state index in [9.17, 15) is 9.59 Å². The lowest BCUT2D eigenvalue weighted by Crippen LogP contribution is -2.31. The van der Waals surface area contributed by atoms with Crippen molar-refractivity contribution in [2.75, 3.05) is 19.0 Å². The molecule has 6 nitrogen and oxygen atoms in total. The van der Waals surface area contributed by atoms with Crippen molar-refractivity contribution in [3.05, 3.63) is 89.5 Å². The molecule has 0 aromatic heterocycles. The molecule has 4 rings (SSSR count). The fraction of sp³-hybridized carbons (Fsp3) is 0.154. The molecule has 0 saturated heterocycles. The van der Waals surface area contributed by atoms with Gasteiger partial charge in [-0.05, 0) is 42.3 Å². The van der Waals surface area contributed by atoms with Crippen molar-refractivity contribution < 1.29 is 19.1 Å². The first-order valence-electron chi connectivity index (χ1n) is 10.3. The van der Waals surface area contributed by atoms with Gasteiger partial charge in [0.2, 0.25) is 0 Å². The van der Waals surface area contributed by atoms with Crippen LogP contribution in [0.15, 0.2) is 72.8 Å². The zero-order valence-corrected chi connectivity index (χ0v) is 17.9. The van der Waals surface area contributed by atoms with E-state index in [0.717, 1.165) is 22.4 Å². The van der Waals surface area contributed by atoms with E-state index in [4.69, 9.17) is 9.47 Å². The van der Waals surface area contributed by atoms with E-state index in [1.807, 2.05) is 73.7 Å². The Morgan fingerprint density at radius 2 is 1.78 bits per heavy atom. The SMILES string of the molecule is COc1cc(/C=C2\C(=O)Nc3ccccc32)ccc1OCC(=O)NC(C)c1ccccc1. The molecule has 0 radical (unpaired) electrons. The molecule has 0 aliphatic carbocycles. The summed E-state index contributed by atoms with van der Waals surface area (Å²) in [5.41, 5.74) is 4.06. The van der Waals surface area contributed by atoms with Crippen molar-refractivity contribution in [3.63, 3.8) is 0 Å². The van der Waals surface area contributed by atoms with Crippen LogP contribution >= 0.6 is 0 Å². The van der Waals surface area contributed by atoms with Crippen LogP contribution in [0.2, 0.25) is 0 Å². The molecule has 1 atom stereocenters. The molecule has 162 valence electrons. The minimum Gasteiger partial charge on any atom is -0.493 e. The Balaban J connectivity index is 1.44. The number of fused-ring (bicyclic) bond motifs is 1. The van der Waals surface area contributed by atoms with E-state index < -0.39 is 0 Å². The number of amides is 2. The molecule has 0 bridgehead atoms. The zero-order valence-electron chi connectivity index (χ0n) is 17.9. The van der Waals surface area contributed by atoms with E-state index in [-0.39, 0.29) is 24.5 Å². The Kier molecular flexibility index (Phi) is 6.22. The third-order valence-electron chi connectivity index (χ3n) is 5.24. The summed E-state index contributed by atoms with van der Waals surface area (Å²) in [6.07, 6.45) is 1.81. The predicted molar refractivity (Wildman–Crippen MR) is 124 cm³/mol. The molecule has 32 heavy (non-hydrogen) atoms. The fourth-order valence-electron chi connectivity index (χ4n) is 3.59. The predicted octanol–water partition coefficient (Wildman–Crippen LogP) is 4.44. The second kappa shape index (κ2) is 9.39. The molecule has 0 spiro atoms. The van der Waals surface area contributed by atoms with Crippen molar-refractivity contribution in [2.45, 2.75) is 13.0 Å². The average molecular weight is 428 g/mol. The molecule has 1 aliphatic rings. The fourth-order valence-corrected chi connectivity index (χ4v) is 3.59. The van der Waals surface area contributed by atoms with Gasteiger partial charge in [0.1, 0.15) is 0 Å². The minimum atomic E-state index is -0.228. The van der Waals surface area contributed by atoms with E-state index in [1.54, 1.807) is 12.1 Å². The lowest BCUT2D eigenvalue weighted by molar-refractivity contribution is -0.123. The van der Waals surface area contributed by atoms with Gasteiger partial charge in [0.05, 0.1) is 13.2 Å². The number of methoxy groups -OCH3 is 1. The molecular weight excluding hydrogens is 404 g/mol. The average Bonchev–Trinajstić information content (AvgIpc) is 3.13. The maximum absolute atomic E-state index is 12.3. The van der Waals surface area contributed by atoms with E-state index in [2.05, 4.69) is 10.6 Å². The number of ether oxygens (including phenoxy) is 2. The van der Waals surface area contributed by atoms with Crippen LogP contribution in [0.1, 0.15) is 29.7 Å². The van der Waals surface area contributed by atoms with Gasteiger partial charge in [-0.1, -0.05) is 54.6 Å². The van der Waals surface area contributed by atoms with Crippen LogP contribution in [0.4, 0.5) is 5.69 Å². The highest BCUT2D eigenvalue weighted by atomic mass is 16.5. The number of hydrogen-bond acceptors (Lipinski definition) is 4. The van der Waals surface area contributed by atoms with Crippen LogP contribution in [-0.2, 0) is 9.59 Å². The van der Waals surface area contributed by atoms with Crippen LogP contribution in [0.3, 0.4) is 0 Å². The topological polar surface area (TPSA) is 76.7 Å². The Morgan fingerprint density at radius 1 is 1.03 bits per heavy atom. The highest BCUT2D eigenvalue weighted by molar-refractivity contribution is 6.34. The van der Waals surface area contributed by atoms with Crippen molar-refractivity contribution in [2.24, 2.45) is 0 Å². The van der Waals surface area contributed by atoms with Crippen LogP contribution in [-0.4, -0.2) is 25.5 Å². The standard InChI is InChI=1S/C26H24N2O4/c1-17(19-8-4-3-5-9-19)27-25(29)16-32-23-13-12-18(15-24(23)31-2)14-21-20-10-6-7-11-22(20)28-26(21)30/h3-15,17H,16H2,1-2H3,(H,27,29)(H,28,30)/b21-14-. The van der Waals surface area contributed by atoms with Gasteiger partial charge in [-0.3, -0.25) is 9.59 Å². The molecule has 6 heteroatoms. The van der Waals surface area contributed by atoms with Crippen molar-refractivity contribution in [1.29, 1.82) is 0 Å². The normalized spacial score (nSPS) is 14.4. The molecule has 3 aromatic rings. The Labute approximate surface area is 186 Å². The maximum atomic E-state index is 12.3. The van der Waals surface area contributed by atoms with Crippen molar-refractivity contribution >= 4 is 29.2 Å². The summed E-state index contributed by atoms with van der Waals surface area (Å²) in [6, 6.07) is 22.5. The third-order valence-corrected chi connectivity index (χ3v) is 5.24. The summed E-state index contributed by atoms with van der Waals surface area (Å²) in [4.78, 5) is 24.7.